The van der Waals surface area contributed by atoms with E-state index >= 15 is 0 Å². The number of carbonyl (C=O) groups excluding carboxylic acids is 1. The second-order valence-electron chi connectivity index (χ2n) is 5.86. The molecule has 0 spiro atoms. The zero-order valence-electron chi connectivity index (χ0n) is 15.0. The van der Waals surface area contributed by atoms with Crippen LogP contribution in [0.15, 0.2) is 35.9 Å². The van der Waals surface area contributed by atoms with Crippen LogP contribution in [-0.2, 0) is 0 Å². The minimum atomic E-state index is -0.117. The summed E-state index contributed by atoms with van der Waals surface area (Å²) in [5.41, 5.74) is 8.17. The number of nitrogens with two attached hydrogens (primary N) is 1. The van der Waals surface area contributed by atoms with Crippen LogP contribution in [0.5, 0.6) is 23.0 Å². The molecule has 0 amide bonds. The molecule has 0 aliphatic carbocycles. The van der Waals surface area contributed by atoms with Gasteiger partial charge < -0.3 is 24.7 Å². The summed E-state index contributed by atoms with van der Waals surface area (Å²) >= 11 is 0. The minimum Gasteiger partial charge on any atom is -0.495 e. The fourth-order valence-electron chi connectivity index (χ4n) is 2.80. The zero-order chi connectivity index (χ0) is 18.7. The minimum absolute atomic E-state index is 0.117. The molecule has 1 heterocycles. The summed E-state index contributed by atoms with van der Waals surface area (Å²) in [7, 11) is 3.10. The highest BCUT2D eigenvalue weighted by molar-refractivity contribution is 6.11. The van der Waals surface area contributed by atoms with E-state index in [4.69, 9.17) is 24.7 Å². The molecule has 1 aliphatic heterocycles. The number of anilines is 1. The van der Waals surface area contributed by atoms with Gasteiger partial charge >= 0.3 is 0 Å². The molecule has 26 heavy (non-hydrogen) atoms. The van der Waals surface area contributed by atoms with Gasteiger partial charge in [-0.05, 0) is 54.5 Å². The van der Waals surface area contributed by atoms with Gasteiger partial charge in [-0.2, -0.15) is 0 Å². The molecule has 6 nitrogen and oxygen atoms in total. The number of benzene rings is 2. The molecule has 2 aromatic rings. The molecule has 3 rings (SSSR count). The van der Waals surface area contributed by atoms with Crippen molar-refractivity contribution in [2.75, 3.05) is 33.2 Å². The molecule has 0 fully saturated rings. The third-order valence-electron chi connectivity index (χ3n) is 4.08. The number of hydrogen-bond acceptors (Lipinski definition) is 6. The monoisotopic (exact) mass is 355 g/mol. The normalized spacial score (nSPS) is 13.3. The Labute approximate surface area is 152 Å². The number of nitrogen functional groups attached to an aromatic ring is 1. The average Bonchev–Trinajstić information content (AvgIpc) is 2.66. The number of hydrogen-bond donors (Lipinski definition) is 1. The van der Waals surface area contributed by atoms with E-state index in [-0.39, 0.29) is 5.78 Å². The van der Waals surface area contributed by atoms with Gasteiger partial charge in [-0.1, -0.05) is 0 Å². The van der Waals surface area contributed by atoms with Gasteiger partial charge in [0.1, 0.15) is 19.0 Å². The van der Waals surface area contributed by atoms with Crippen molar-refractivity contribution >= 4 is 17.5 Å². The lowest BCUT2D eigenvalue weighted by molar-refractivity contribution is 0.103. The second kappa shape index (κ2) is 7.39. The molecule has 136 valence electrons. The van der Waals surface area contributed by atoms with E-state index in [0.29, 0.717) is 53.0 Å². The van der Waals surface area contributed by atoms with Gasteiger partial charge in [0, 0.05) is 5.56 Å². The first-order valence-corrected chi connectivity index (χ1v) is 8.17. The van der Waals surface area contributed by atoms with E-state index in [2.05, 4.69) is 0 Å². The summed E-state index contributed by atoms with van der Waals surface area (Å²) in [6.07, 6.45) is 1.78. The second-order valence-corrected chi connectivity index (χ2v) is 5.86. The average molecular weight is 355 g/mol. The molecule has 0 saturated heterocycles. The molecule has 2 aromatic carbocycles. The maximum absolute atomic E-state index is 12.7. The van der Waals surface area contributed by atoms with Crippen LogP contribution >= 0.6 is 0 Å². The molecule has 2 N–H and O–H groups in total. The highest BCUT2D eigenvalue weighted by Crippen LogP contribution is 2.40. The van der Waals surface area contributed by atoms with Crippen LogP contribution in [-0.4, -0.2) is 33.2 Å². The highest BCUT2D eigenvalue weighted by atomic mass is 16.6. The molecular formula is C20H21NO5. The number of Topliss-reactive ketones (excluding diaryl/α,β-unsaturated/α-hetero) is 1. The number of carbonyl (C=O) groups is 1. The van der Waals surface area contributed by atoms with Crippen molar-refractivity contribution in [3.8, 4) is 23.0 Å². The molecule has 0 bridgehead atoms. The van der Waals surface area contributed by atoms with Crippen molar-refractivity contribution in [1.82, 2.24) is 0 Å². The van der Waals surface area contributed by atoms with E-state index in [0.717, 1.165) is 5.56 Å². The number of methoxy groups -OCH3 is 2. The highest BCUT2D eigenvalue weighted by Gasteiger charge is 2.18. The summed E-state index contributed by atoms with van der Waals surface area (Å²) in [6, 6.07) is 8.63. The van der Waals surface area contributed by atoms with Crippen LogP contribution in [0, 0.1) is 0 Å². The van der Waals surface area contributed by atoms with E-state index in [1.807, 2.05) is 12.1 Å². The Morgan fingerprint density at radius 2 is 1.81 bits per heavy atom. The van der Waals surface area contributed by atoms with Gasteiger partial charge in [-0.15, -0.1) is 0 Å². The number of ketones is 1. The van der Waals surface area contributed by atoms with Crippen LogP contribution in [0.2, 0.25) is 0 Å². The maximum atomic E-state index is 12.7. The summed E-state index contributed by atoms with van der Waals surface area (Å²) in [5.74, 6) is 2.19. The number of ether oxygens (including phenoxy) is 4. The van der Waals surface area contributed by atoms with Crippen molar-refractivity contribution in [2.24, 2.45) is 0 Å². The number of rotatable bonds is 5. The van der Waals surface area contributed by atoms with E-state index < -0.39 is 0 Å². The lowest BCUT2D eigenvalue weighted by atomic mass is 10.0. The Morgan fingerprint density at radius 1 is 1.08 bits per heavy atom. The smallest absolute Gasteiger partial charge is 0.203 e. The third kappa shape index (κ3) is 3.44. The first kappa shape index (κ1) is 17.7. The fraction of sp³-hybridized carbons (Fsp3) is 0.250. The van der Waals surface area contributed by atoms with Crippen LogP contribution in [0.3, 0.4) is 0 Å². The van der Waals surface area contributed by atoms with Gasteiger partial charge in [0.05, 0.1) is 19.9 Å². The third-order valence-corrected chi connectivity index (χ3v) is 4.08. The predicted molar refractivity (Wildman–Crippen MR) is 99.4 cm³/mol. The molecule has 6 heteroatoms. The van der Waals surface area contributed by atoms with Gasteiger partial charge in [-0.25, -0.2) is 0 Å². The summed E-state index contributed by atoms with van der Waals surface area (Å²) in [6.45, 7) is 2.72. The molecule has 0 aromatic heterocycles. The summed E-state index contributed by atoms with van der Waals surface area (Å²) < 4.78 is 21.7. The van der Waals surface area contributed by atoms with Crippen LogP contribution in [0.1, 0.15) is 22.8 Å². The van der Waals surface area contributed by atoms with Gasteiger partial charge in [0.2, 0.25) is 5.75 Å². The summed E-state index contributed by atoms with van der Waals surface area (Å²) in [4.78, 5) is 12.7. The van der Waals surface area contributed by atoms with Gasteiger partial charge in [0.25, 0.3) is 0 Å². The first-order chi connectivity index (χ1) is 12.5. The molecular weight excluding hydrogens is 334 g/mol. The Bertz CT molecular complexity index is 855. The van der Waals surface area contributed by atoms with Crippen LogP contribution in [0.4, 0.5) is 5.69 Å². The Balaban J connectivity index is 1.91. The molecule has 0 atom stereocenters. The van der Waals surface area contributed by atoms with Crippen molar-refractivity contribution in [3.05, 3.63) is 47.0 Å². The first-order valence-electron chi connectivity index (χ1n) is 8.17. The number of allylic oxidation sites excluding steroid dienone is 1. The Kier molecular flexibility index (Phi) is 5.02. The molecule has 0 radical (unpaired) electrons. The largest absolute Gasteiger partial charge is 0.495 e. The van der Waals surface area contributed by atoms with E-state index in [9.17, 15) is 4.79 Å². The Morgan fingerprint density at radius 3 is 2.50 bits per heavy atom. The fourth-order valence-corrected chi connectivity index (χ4v) is 2.80. The van der Waals surface area contributed by atoms with Crippen LogP contribution in [0.25, 0.3) is 6.08 Å². The van der Waals surface area contributed by atoms with E-state index in [1.165, 1.54) is 7.11 Å². The topological polar surface area (TPSA) is 80.0 Å². The lowest BCUT2D eigenvalue weighted by Gasteiger charge is -2.21. The standard InChI is InChI=1S/C20H21NO5/c1-12(19(22)14-4-5-16(23-2)15(21)11-14)8-13-9-17(24-3)20-18(10-13)25-6-7-26-20/h4-5,8-11H,6-7,21H2,1-3H3. The quantitative estimate of drug-likeness (QED) is 0.503. The van der Waals surface area contributed by atoms with Crippen molar-refractivity contribution in [1.29, 1.82) is 0 Å². The van der Waals surface area contributed by atoms with Crippen molar-refractivity contribution < 1.29 is 23.7 Å². The predicted octanol–water partition coefficient (Wildman–Crippen LogP) is 3.34. The van der Waals surface area contributed by atoms with Gasteiger partial charge in [-0.3, -0.25) is 4.79 Å². The Hall–Kier alpha value is -3.15. The van der Waals surface area contributed by atoms with Crippen molar-refractivity contribution in [3.63, 3.8) is 0 Å². The van der Waals surface area contributed by atoms with E-state index in [1.54, 1.807) is 38.3 Å². The molecule has 0 unspecified atom stereocenters. The summed E-state index contributed by atoms with van der Waals surface area (Å²) in [5, 5.41) is 0. The zero-order valence-corrected chi connectivity index (χ0v) is 15.0. The lowest BCUT2D eigenvalue weighted by Crippen LogP contribution is -2.16. The number of fused-ring (bicyclic) bond motifs is 1. The molecule has 0 saturated carbocycles. The van der Waals surface area contributed by atoms with Crippen LogP contribution < -0.4 is 24.7 Å². The SMILES string of the molecule is COc1ccc(C(=O)C(C)=Cc2cc(OC)c3c(c2)OCCO3)cc1N. The van der Waals surface area contributed by atoms with Crippen molar-refractivity contribution in [2.45, 2.75) is 6.92 Å². The van der Waals surface area contributed by atoms with Gasteiger partial charge in [0.15, 0.2) is 17.3 Å². The molecule has 1 aliphatic rings. The maximum Gasteiger partial charge on any atom is 0.203 e.